The van der Waals surface area contributed by atoms with Crippen LogP contribution in [0.25, 0.3) is 0 Å². The van der Waals surface area contributed by atoms with E-state index in [0.717, 1.165) is 24.0 Å². The third-order valence-electron chi connectivity index (χ3n) is 4.96. The third-order valence-corrected chi connectivity index (χ3v) is 4.96. The maximum Gasteiger partial charge on any atom is 0.313 e. The maximum absolute atomic E-state index is 12.3. The number of allylic oxidation sites excluding steroid dienone is 1. The Bertz CT molecular complexity index is 538. The number of carbonyl (C=O) groups is 1. The summed E-state index contributed by atoms with van der Waals surface area (Å²) in [5.41, 5.74) is 1.31. The van der Waals surface area contributed by atoms with Crippen molar-refractivity contribution in [3.8, 4) is 0 Å². The fourth-order valence-corrected chi connectivity index (χ4v) is 3.63. The number of carbonyl (C=O) groups excluding carboxylic acids is 1. The second-order valence-electron chi connectivity index (χ2n) is 7.85. The lowest BCUT2D eigenvalue weighted by molar-refractivity contribution is -0.157. The molecule has 1 saturated heterocycles. The number of ether oxygens (including phenoxy) is 1. The summed E-state index contributed by atoms with van der Waals surface area (Å²) in [4.78, 5) is 12.3. The molecule has 0 aromatic carbocycles. The second kappa shape index (κ2) is 7.66. The zero-order valence-corrected chi connectivity index (χ0v) is 15.0. The van der Waals surface area contributed by atoms with E-state index in [2.05, 4.69) is 6.58 Å². The predicted octanol–water partition coefficient (Wildman–Crippen LogP) is 3.16. The molecule has 4 unspecified atom stereocenters. The van der Waals surface area contributed by atoms with Crippen molar-refractivity contribution in [2.24, 2.45) is 17.8 Å². The van der Waals surface area contributed by atoms with Gasteiger partial charge in [-0.2, -0.15) is 0 Å². The van der Waals surface area contributed by atoms with Crippen LogP contribution < -0.4 is 0 Å². The number of hydrogen-bond donors (Lipinski definition) is 2. The lowest BCUT2D eigenvalue weighted by atomic mass is 9.73. The zero-order chi connectivity index (χ0) is 17.9. The van der Waals surface area contributed by atoms with Crippen molar-refractivity contribution in [2.45, 2.75) is 58.2 Å². The quantitative estimate of drug-likeness (QED) is 0.614. The van der Waals surface area contributed by atoms with E-state index in [0.29, 0.717) is 19.4 Å². The molecule has 0 radical (unpaired) electrons. The summed E-state index contributed by atoms with van der Waals surface area (Å²) in [5.74, 6) is -0.303. The summed E-state index contributed by atoms with van der Waals surface area (Å²) in [6, 6.07) is 0. The molecule has 0 spiro atoms. The minimum Gasteiger partial charge on any atom is -0.465 e. The molecule has 4 nitrogen and oxygen atoms in total. The van der Waals surface area contributed by atoms with Gasteiger partial charge in [0.15, 0.2) is 0 Å². The lowest BCUT2D eigenvalue weighted by Crippen LogP contribution is -2.39. The Morgan fingerprint density at radius 1 is 1.46 bits per heavy atom. The highest BCUT2D eigenvalue weighted by Gasteiger charge is 2.40. The van der Waals surface area contributed by atoms with Crippen LogP contribution in [-0.2, 0) is 9.53 Å². The Hall–Kier alpha value is -1.39. The molecule has 2 rings (SSSR count). The van der Waals surface area contributed by atoms with Gasteiger partial charge < -0.3 is 14.9 Å². The van der Waals surface area contributed by atoms with Gasteiger partial charge in [0.05, 0.1) is 24.2 Å². The summed E-state index contributed by atoms with van der Waals surface area (Å²) in [6.07, 6.45) is 7.87. The predicted molar refractivity (Wildman–Crippen MR) is 94.2 cm³/mol. The lowest BCUT2D eigenvalue weighted by Gasteiger charge is -2.37. The van der Waals surface area contributed by atoms with Gasteiger partial charge in [-0.05, 0) is 52.4 Å². The molecule has 1 heterocycles. The highest BCUT2D eigenvalue weighted by Crippen LogP contribution is 2.39. The van der Waals surface area contributed by atoms with Gasteiger partial charge in [0.1, 0.15) is 0 Å². The van der Waals surface area contributed by atoms with Gasteiger partial charge in [-0.25, -0.2) is 0 Å². The summed E-state index contributed by atoms with van der Waals surface area (Å²) < 4.78 is 5.40. The largest absolute Gasteiger partial charge is 0.465 e. The number of esters is 1. The van der Waals surface area contributed by atoms with E-state index in [1.807, 2.05) is 25.2 Å². The van der Waals surface area contributed by atoms with E-state index < -0.39 is 11.7 Å². The molecule has 4 atom stereocenters. The van der Waals surface area contributed by atoms with E-state index in [-0.39, 0.29) is 23.7 Å². The number of aliphatic hydroxyl groups excluding tert-OH is 1. The number of cyclic esters (lactones) is 1. The van der Waals surface area contributed by atoms with Crippen LogP contribution in [0.1, 0.15) is 46.5 Å². The average molecular weight is 334 g/mol. The number of hydrogen-bond acceptors (Lipinski definition) is 4. The number of rotatable bonds is 3. The van der Waals surface area contributed by atoms with Gasteiger partial charge in [-0.15, -0.1) is 0 Å². The van der Waals surface area contributed by atoms with Crippen molar-refractivity contribution < 1.29 is 19.7 Å². The Morgan fingerprint density at radius 2 is 2.17 bits per heavy atom. The first kappa shape index (κ1) is 18.9. The Kier molecular flexibility index (Phi) is 6.05. The summed E-state index contributed by atoms with van der Waals surface area (Å²) in [6.45, 7) is 10.0. The van der Waals surface area contributed by atoms with Crippen molar-refractivity contribution in [1.29, 1.82) is 0 Å². The summed E-state index contributed by atoms with van der Waals surface area (Å²) in [7, 11) is 0. The van der Waals surface area contributed by atoms with E-state index in [1.165, 1.54) is 0 Å². The number of aliphatic hydroxyl groups is 2. The summed E-state index contributed by atoms with van der Waals surface area (Å²) in [5, 5.41) is 20.0. The SMILES string of the molecule is C=C1CC(O)C=C(C)CCC2C(C=CCC(C)(C)O)C(=O)OCC12. The highest BCUT2D eigenvalue weighted by molar-refractivity contribution is 5.75. The van der Waals surface area contributed by atoms with Crippen LogP contribution >= 0.6 is 0 Å². The van der Waals surface area contributed by atoms with Crippen molar-refractivity contribution in [1.82, 2.24) is 0 Å². The molecule has 1 aliphatic carbocycles. The smallest absolute Gasteiger partial charge is 0.313 e. The van der Waals surface area contributed by atoms with Crippen molar-refractivity contribution in [3.63, 3.8) is 0 Å². The van der Waals surface area contributed by atoms with Crippen LogP contribution in [0.2, 0.25) is 0 Å². The second-order valence-corrected chi connectivity index (χ2v) is 7.85. The molecule has 0 aromatic rings. The molecule has 0 saturated carbocycles. The molecule has 1 fully saturated rings. The normalized spacial score (nSPS) is 32.5. The molecule has 24 heavy (non-hydrogen) atoms. The average Bonchev–Trinajstić information content (AvgIpc) is 2.49. The van der Waals surface area contributed by atoms with Crippen molar-refractivity contribution in [2.75, 3.05) is 6.61 Å². The zero-order valence-electron chi connectivity index (χ0n) is 15.0. The molecular weight excluding hydrogens is 304 g/mol. The summed E-state index contributed by atoms with van der Waals surface area (Å²) >= 11 is 0. The van der Waals surface area contributed by atoms with E-state index >= 15 is 0 Å². The molecule has 2 N–H and O–H groups in total. The van der Waals surface area contributed by atoms with E-state index in [1.54, 1.807) is 13.8 Å². The Morgan fingerprint density at radius 3 is 2.83 bits per heavy atom. The van der Waals surface area contributed by atoms with E-state index in [9.17, 15) is 15.0 Å². The first-order valence-electron chi connectivity index (χ1n) is 8.76. The Labute approximate surface area is 144 Å². The van der Waals surface area contributed by atoms with Gasteiger partial charge in [-0.1, -0.05) is 36.0 Å². The molecule has 0 bridgehead atoms. The molecular formula is C20H30O4. The van der Waals surface area contributed by atoms with Crippen molar-refractivity contribution in [3.05, 3.63) is 36.0 Å². The minimum absolute atomic E-state index is 0.0773. The molecule has 2 aliphatic rings. The standard InChI is InChI=1S/C20H30O4/c1-13-7-8-16-17(6-5-9-20(3,4)23)19(22)24-12-18(16)14(2)11-15(21)10-13/h5-6,10,15-18,21,23H,2,7-9,11-12H2,1,3-4H3. The molecule has 134 valence electrons. The van der Waals surface area contributed by atoms with Crippen LogP contribution in [0.3, 0.4) is 0 Å². The first-order valence-corrected chi connectivity index (χ1v) is 8.76. The van der Waals surface area contributed by atoms with Crippen LogP contribution in [0.5, 0.6) is 0 Å². The molecule has 0 aromatic heterocycles. The van der Waals surface area contributed by atoms with Crippen LogP contribution in [0.4, 0.5) is 0 Å². The fourth-order valence-electron chi connectivity index (χ4n) is 3.63. The first-order chi connectivity index (χ1) is 11.2. The van der Waals surface area contributed by atoms with Gasteiger partial charge in [0.25, 0.3) is 0 Å². The van der Waals surface area contributed by atoms with Gasteiger partial charge in [0.2, 0.25) is 0 Å². The van der Waals surface area contributed by atoms with Crippen LogP contribution in [0.15, 0.2) is 36.0 Å². The van der Waals surface area contributed by atoms with Crippen LogP contribution in [-0.4, -0.2) is 34.5 Å². The molecule has 4 heteroatoms. The minimum atomic E-state index is -0.792. The third kappa shape index (κ3) is 5.05. The van der Waals surface area contributed by atoms with Crippen molar-refractivity contribution >= 4 is 5.97 Å². The van der Waals surface area contributed by atoms with Crippen LogP contribution in [0, 0.1) is 17.8 Å². The fraction of sp³-hybridized carbons (Fsp3) is 0.650. The molecule has 1 aliphatic heterocycles. The van der Waals surface area contributed by atoms with E-state index in [4.69, 9.17) is 4.74 Å². The monoisotopic (exact) mass is 334 g/mol. The number of fused-ring (bicyclic) bond motifs is 1. The molecule has 0 amide bonds. The topological polar surface area (TPSA) is 66.8 Å². The maximum atomic E-state index is 12.3. The Balaban J connectivity index is 2.22. The van der Waals surface area contributed by atoms with Gasteiger partial charge in [0, 0.05) is 5.92 Å². The van der Waals surface area contributed by atoms with Gasteiger partial charge in [-0.3, -0.25) is 4.79 Å². The van der Waals surface area contributed by atoms with Gasteiger partial charge >= 0.3 is 5.97 Å². The highest BCUT2D eigenvalue weighted by atomic mass is 16.5.